The number of ketones is 1. The summed E-state index contributed by atoms with van der Waals surface area (Å²) in [6.45, 7) is 5.89. The quantitative estimate of drug-likeness (QED) is 0.341. The highest BCUT2D eigenvalue weighted by Crippen LogP contribution is 2.42. The lowest BCUT2D eigenvalue weighted by molar-refractivity contribution is -0.132. The topological polar surface area (TPSA) is 77.8 Å². The van der Waals surface area contributed by atoms with E-state index in [2.05, 4.69) is 0 Å². The zero-order valence-corrected chi connectivity index (χ0v) is 18.3. The molecule has 2 N–H and O–H groups in total. The van der Waals surface area contributed by atoms with E-state index < -0.39 is 17.7 Å². The van der Waals surface area contributed by atoms with Crippen molar-refractivity contribution in [1.29, 1.82) is 0 Å². The van der Waals surface area contributed by atoms with Crippen molar-refractivity contribution in [3.8, 4) is 5.75 Å². The SMILES string of the molecule is CCc1ccc(/C(O)=C2\C(=O)C(=O)N(c3cc(C)cc(C)c3)C2c2ccc(O)cc2)cc1. The first-order valence-electron chi connectivity index (χ1n) is 10.6. The normalized spacial score (nSPS) is 17.7. The van der Waals surface area contributed by atoms with E-state index in [4.69, 9.17) is 0 Å². The number of benzene rings is 3. The molecule has 1 heterocycles. The average molecular weight is 428 g/mol. The summed E-state index contributed by atoms with van der Waals surface area (Å²) < 4.78 is 0. The number of hydrogen-bond acceptors (Lipinski definition) is 4. The molecule has 0 radical (unpaired) electrons. The molecular weight excluding hydrogens is 402 g/mol. The lowest BCUT2D eigenvalue weighted by Gasteiger charge is -2.26. The minimum atomic E-state index is -0.817. The summed E-state index contributed by atoms with van der Waals surface area (Å²) in [7, 11) is 0. The third-order valence-electron chi connectivity index (χ3n) is 5.77. The molecular formula is C27H25NO4. The van der Waals surface area contributed by atoms with Gasteiger partial charge in [-0.15, -0.1) is 0 Å². The van der Waals surface area contributed by atoms with Gasteiger partial charge in [-0.05, 0) is 66.8 Å². The number of aryl methyl sites for hydroxylation is 3. The molecule has 0 aliphatic carbocycles. The molecule has 0 aromatic heterocycles. The Balaban J connectivity index is 1.94. The molecule has 0 saturated carbocycles. The second-order valence-corrected chi connectivity index (χ2v) is 8.16. The zero-order chi connectivity index (χ0) is 23.0. The molecule has 0 bridgehead atoms. The van der Waals surface area contributed by atoms with Crippen LogP contribution in [0.5, 0.6) is 5.75 Å². The largest absolute Gasteiger partial charge is 0.508 e. The van der Waals surface area contributed by atoms with Gasteiger partial charge < -0.3 is 10.2 Å². The Morgan fingerprint density at radius 2 is 1.50 bits per heavy atom. The van der Waals surface area contributed by atoms with Gasteiger partial charge in [-0.25, -0.2) is 0 Å². The summed E-state index contributed by atoms with van der Waals surface area (Å²) >= 11 is 0. The standard InChI is InChI=1S/C27H25NO4/c1-4-18-5-7-20(8-6-18)25(30)23-24(19-9-11-22(29)12-10-19)28(27(32)26(23)31)21-14-16(2)13-17(3)15-21/h5-15,24,29-30H,4H2,1-3H3/b25-23+. The van der Waals surface area contributed by atoms with Crippen LogP contribution in [0.1, 0.15) is 40.8 Å². The van der Waals surface area contributed by atoms with Crippen LogP contribution in [0, 0.1) is 13.8 Å². The number of Topliss-reactive ketones (excluding diaryl/α,β-unsaturated/α-hetero) is 1. The Labute approximate surface area is 187 Å². The maximum atomic E-state index is 13.2. The van der Waals surface area contributed by atoms with Gasteiger partial charge in [0.1, 0.15) is 11.5 Å². The minimum absolute atomic E-state index is 0.0316. The molecule has 1 amide bonds. The fraction of sp³-hybridized carbons (Fsp3) is 0.185. The predicted octanol–water partition coefficient (Wildman–Crippen LogP) is 5.20. The van der Waals surface area contributed by atoms with Crippen LogP contribution in [0.15, 0.2) is 72.3 Å². The molecule has 1 aliphatic heterocycles. The molecule has 0 spiro atoms. The van der Waals surface area contributed by atoms with Gasteiger partial charge in [0.2, 0.25) is 0 Å². The van der Waals surface area contributed by atoms with Crippen LogP contribution >= 0.6 is 0 Å². The maximum absolute atomic E-state index is 13.2. The molecule has 3 aromatic carbocycles. The monoisotopic (exact) mass is 427 g/mol. The smallest absolute Gasteiger partial charge is 0.300 e. The van der Waals surface area contributed by atoms with Gasteiger partial charge in [0.15, 0.2) is 0 Å². The van der Waals surface area contributed by atoms with Crippen molar-refractivity contribution in [1.82, 2.24) is 0 Å². The maximum Gasteiger partial charge on any atom is 0.300 e. The van der Waals surface area contributed by atoms with Crippen LogP contribution in [0.3, 0.4) is 0 Å². The molecule has 5 heteroatoms. The Morgan fingerprint density at radius 1 is 0.906 bits per heavy atom. The van der Waals surface area contributed by atoms with E-state index in [1.807, 2.05) is 51.1 Å². The second-order valence-electron chi connectivity index (χ2n) is 8.16. The van der Waals surface area contributed by atoms with Crippen molar-refractivity contribution in [2.75, 3.05) is 4.90 Å². The summed E-state index contributed by atoms with van der Waals surface area (Å²) in [4.78, 5) is 27.8. The number of carbonyl (C=O) groups is 2. The van der Waals surface area contributed by atoms with Gasteiger partial charge in [-0.3, -0.25) is 14.5 Å². The Hall–Kier alpha value is -3.86. The van der Waals surface area contributed by atoms with Crippen molar-refractivity contribution >= 4 is 23.1 Å². The molecule has 1 fully saturated rings. The van der Waals surface area contributed by atoms with Crippen molar-refractivity contribution in [3.63, 3.8) is 0 Å². The van der Waals surface area contributed by atoms with Crippen LogP contribution in [-0.2, 0) is 16.0 Å². The molecule has 1 atom stereocenters. The number of hydrogen-bond donors (Lipinski definition) is 2. The van der Waals surface area contributed by atoms with Crippen LogP contribution in [0.4, 0.5) is 5.69 Å². The Morgan fingerprint density at radius 3 is 2.06 bits per heavy atom. The number of aliphatic hydroxyl groups is 1. The highest BCUT2D eigenvalue weighted by atomic mass is 16.3. The van der Waals surface area contributed by atoms with E-state index in [-0.39, 0.29) is 17.1 Å². The number of anilines is 1. The number of phenols is 1. The first-order valence-corrected chi connectivity index (χ1v) is 10.6. The van der Waals surface area contributed by atoms with Crippen molar-refractivity contribution < 1.29 is 19.8 Å². The van der Waals surface area contributed by atoms with E-state index in [1.54, 1.807) is 24.3 Å². The Kier molecular flexibility index (Phi) is 5.57. The molecule has 1 aliphatic rings. The van der Waals surface area contributed by atoms with Crippen LogP contribution in [-0.4, -0.2) is 21.9 Å². The number of nitrogens with zero attached hydrogens (tertiary/aromatic N) is 1. The van der Waals surface area contributed by atoms with E-state index in [1.165, 1.54) is 17.0 Å². The lowest BCUT2D eigenvalue weighted by Crippen LogP contribution is -2.29. The third kappa shape index (κ3) is 3.78. The zero-order valence-electron chi connectivity index (χ0n) is 18.3. The molecule has 162 valence electrons. The van der Waals surface area contributed by atoms with E-state index in [9.17, 15) is 19.8 Å². The molecule has 4 rings (SSSR count). The summed E-state index contributed by atoms with van der Waals surface area (Å²) in [5, 5.41) is 20.9. The molecule has 1 saturated heterocycles. The van der Waals surface area contributed by atoms with Crippen molar-refractivity contribution in [2.24, 2.45) is 0 Å². The number of rotatable bonds is 4. The van der Waals surface area contributed by atoms with Crippen LogP contribution in [0.2, 0.25) is 0 Å². The van der Waals surface area contributed by atoms with Gasteiger partial charge in [0.05, 0.1) is 11.6 Å². The fourth-order valence-electron chi connectivity index (χ4n) is 4.21. The van der Waals surface area contributed by atoms with Gasteiger partial charge >= 0.3 is 0 Å². The summed E-state index contributed by atoms with van der Waals surface area (Å²) in [5.74, 6) is -1.57. The fourth-order valence-corrected chi connectivity index (χ4v) is 4.21. The molecule has 3 aromatic rings. The number of carbonyl (C=O) groups excluding carboxylic acids is 2. The van der Waals surface area contributed by atoms with Gasteiger partial charge in [0.25, 0.3) is 11.7 Å². The number of aromatic hydroxyl groups is 1. The van der Waals surface area contributed by atoms with E-state index >= 15 is 0 Å². The predicted molar refractivity (Wildman–Crippen MR) is 125 cm³/mol. The number of phenolic OH excluding ortho intramolecular Hbond substituents is 1. The lowest BCUT2D eigenvalue weighted by atomic mass is 9.94. The van der Waals surface area contributed by atoms with Gasteiger partial charge in [-0.2, -0.15) is 0 Å². The summed E-state index contributed by atoms with van der Waals surface area (Å²) in [6, 6.07) is 18.5. The summed E-state index contributed by atoms with van der Waals surface area (Å²) in [6.07, 6.45) is 0.853. The van der Waals surface area contributed by atoms with E-state index in [0.29, 0.717) is 16.8 Å². The number of aliphatic hydroxyl groups excluding tert-OH is 1. The second kappa shape index (κ2) is 8.35. The first kappa shape index (κ1) is 21.4. The first-order chi connectivity index (χ1) is 15.3. The Bertz CT molecular complexity index is 1200. The third-order valence-corrected chi connectivity index (χ3v) is 5.77. The molecule has 32 heavy (non-hydrogen) atoms. The van der Waals surface area contributed by atoms with Crippen LogP contribution in [0.25, 0.3) is 5.76 Å². The highest BCUT2D eigenvalue weighted by Gasteiger charge is 2.47. The summed E-state index contributed by atoms with van der Waals surface area (Å²) in [5.41, 5.74) is 4.74. The van der Waals surface area contributed by atoms with Crippen LogP contribution < -0.4 is 4.90 Å². The van der Waals surface area contributed by atoms with E-state index in [0.717, 1.165) is 23.1 Å². The van der Waals surface area contributed by atoms with Crippen molar-refractivity contribution in [2.45, 2.75) is 33.2 Å². The van der Waals surface area contributed by atoms with Gasteiger partial charge in [-0.1, -0.05) is 49.4 Å². The average Bonchev–Trinajstić information content (AvgIpc) is 3.04. The molecule has 5 nitrogen and oxygen atoms in total. The number of amides is 1. The molecule has 1 unspecified atom stereocenters. The highest BCUT2D eigenvalue weighted by molar-refractivity contribution is 6.51. The van der Waals surface area contributed by atoms with Crippen molar-refractivity contribution in [3.05, 3.63) is 100 Å². The van der Waals surface area contributed by atoms with Gasteiger partial charge in [0, 0.05) is 11.3 Å². The minimum Gasteiger partial charge on any atom is -0.508 e.